The molecule has 0 fully saturated rings. The fourth-order valence-corrected chi connectivity index (χ4v) is 2.04. The van der Waals surface area contributed by atoms with Crippen molar-refractivity contribution >= 4 is 33.2 Å². The standard InChI is InChI=1S/C8H18ClP.ClH/c1-4-7(5-2)8(9,10)6-3;/h7H,4-6,10H2,1-3H3;1H. The zero-order chi connectivity index (χ0) is 8.20. The molecule has 0 aliphatic heterocycles. The van der Waals surface area contributed by atoms with Gasteiger partial charge >= 0.3 is 0 Å². The predicted molar refractivity (Wildman–Crippen MR) is 59.9 cm³/mol. The Balaban J connectivity index is 0. The minimum atomic E-state index is -0.0521. The Hall–Kier alpha value is 1.01. The zero-order valence-corrected chi connectivity index (χ0v) is 10.3. The van der Waals surface area contributed by atoms with Crippen molar-refractivity contribution in [3.8, 4) is 0 Å². The Bertz CT molecular complexity index is 90.1. The summed E-state index contributed by atoms with van der Waals surface area (Å²) in [5.41, 5.74) is 0. The van der Waals surface area contributed by atoms with Gasteiger partial charge in [0.2, 0.25) is 0 Å². The number of alkyl halides is 1. The molecule has 2 atom stereocenters. The number of halogens is 2. The zero-order valence-electron chi connectivity index (χ0n) is 7.56. The Morgan fingerprint density at radius 1 is 1.27 bits per heavy atom. The molecule has 3 heteroatoms. The molecule has 0 amide bonds. The molecule has 0 rings (SSSR count). The van der Waals surface area contributed by atoms with Gasteiger partial charge < -0.3 is 0 Å². The normalized spacial score (nSPS) is 15.8. The lowest BCUT2D eigenvalue weighted by Crippen LogP contribution is -2.22. The number of hydrogen-bond donors (Lipinski definition) is 0. The van der Waals surface area contributed by atoms with E-state index in [1.165, 1.54) is 12.8 Å². The van der Waals surface area contributed by atoms with E-state index in [-0.39, 0.29) is 17.0 Å². The van der Waals surface area contributed by atoms with Gasteiger partial charge in [0.05, 0.1) is 4.62 Å². The summed E-state index contributed by atoms with van der Waals surface area (Å²) < 4.78 is -0.0521. The van der Waals surface area contributed by atoms with Crippen molar-refractivity contribution in [3.63, 3.8) is 0 Å². The van der Waals surface area contributed by atoms with Crippen LogP contribution in [0.1, 0.15) is 40.0 Å². The first-order valence-corrected chi connectivity index (χ1v) is 5.01. The highest BCUT2D eigenvalue weighted by Gasteiger charge is 2.27. The topological polar surface area (TPSA) is 0 Å². The molecule has 0 saturated carbocycles. The Morgan fingerprint density at radius 2 is 1.64 bits per heavy atom. The molecule has 0 spiro atoms. The summed E-state index contributed by atoms with van der Waals surface area (Å²) in [7, 11) is 2.76. The van der Waals surface area contributed by atoms with E-state index in [1.54, 1.807) is 0 Å². The molecule has 0 aliphatic carbocycles. The van der Waals surface area contributed by atoms with Gasteiger partial charge in [0, 0.05) is 0 Å². The van der Waals surface area contributed by atoms with Crippen molar-refractivity contribution in [2.24, 2.45) is 5.92 Å². The molecule has 0 heterocycles. The van der Waals surface area contributed by atoms with Gasteiger partial charge in [0.25, 0.3) is 0 Å². The molecular weight excluding hydrogens is 198 g/mol. The average Bonchev–Trinajstić information content (AvgIpc) is 1.90. The maximum Gasteiger partial charge on any atom is 0.0609 e. The lowest BCUT2D eigenvalue weighted by molar-refractivity contribution is 0.430. The van der Waals surface area contributed by atoms with Crippen molar-refractivity contribution in [1.29, 1.82) is 0 Å². The van der Waals surface area contributed by atoms with Crippen LogP contribution in [0.25, 0.3) is 0 Å². The monoisotopic (exact) mass is 216 g/mol. The van der Waals surface area contributed by atoms with Crippen LogP contribution in [-0.2, 0) is 0 Å². The van der Waals surface area contributed by atoms with E-state index in [1.807, 2.05) is 0 Å². The third kappa shape index (κ3) is 4.55. The molecule has 0 aromatic carbocycles. The maximum absolute atomic E-state index is 6.25. The summed E-state index contributed by atoms with van der Waals surface area (Å²) in [5.74, 6) is 0.643. The number of rotatable bonds is 4. The first kappa shape index (κ1) is 14.5. The summed E-state index contributed by atoms with van der Waals surface area (Å²) >= 11 is 6.25. The number of hydrogen-bond acceptors (Lipinski definition) is 0. The van der Waals surface area contributed by atoms with Crippen LogP contribution in [0.5, 0.6) is 0 Å². The van der Waals surface area contributed by atoms with Gasteiger partial charge in [-0.3, -0.25) is 0 Å². The smallest absolute Gasteiger partial charge is 0.0609 e. The van der Waals surface area contributed by atoms with Gasteiger partial charge in [-0.15, -0.1) is 33.2 Å². The first-order chi connectivity index (χ1) is 4.58. The average molecular weight is 217 g/mol. The quantitative estimate of drug-likeness (QED) is 0.492. The lowest BCUT2D eigenvalue weighted by Gasteiger charge is -2.29. The van der Waals surface area contributed by atoms with Crippen molar-refractivity contribution in [2.45, 2.75) is 44.6 Å². The third-order valence-corrected chi connectivity index (χ3v) is 3.66. The SMILES string of the molecule is CCC(CC)C(P)(Cl)CC.Cl. The molecule has 0 aromatic rings. The summed E-state index contributed by atoms with van der Waals surface area (Å²) in [6, 6.07) is 0. The van der Waals surface area contributed by atoms with Gasteiger partial charge in [-0.2, -0.15) is 0 Å². The third-order valence-electron chi connectivity index (χ3n) is 2.21. The van der Waals surface area contributed by atoms with Gasteiger partial charge in [0.15, 0.2) is 0 Å². The van der Waals surface area contributed by atoms with E-state index < -0.39 is 0 Å². The van der Waals surface area contributed by atoms with E-state index in [2.05, 4.69) is 30.0 Å². The van der Waals surface area contributed by atoms with Crippen LogP contribution >= 0.6 is 33.2 Å². The fraction of sp³-hybridized carbons (Fsp3) is 1.00. The first-order valence-electron chi connectivity index (χ1n) is 4.06. The van der Waals surface area contributed by atoms with Crippen molar-refractivity contribution in [1.82, 2.24) is 0 Å². The molecule has 2 unspecified atom stereocenters. The summed E-state index contributed by atoms with van der Waals surface area (Å²) in [4.78, 5) is 0. The molecular formula is C8H19Cl2P. The second-order valence-electron chi connectivity index (χ2n) is 2.79. The molecule has 0 saturated heterocycles. The Labute approximate surface area is 84.1 Å². The van der Waals surface area contributed by atoms with Crippen LogP contribution in [0, 0.1) is 5.92 Å². The molecule has 0 N–H and O–H groups in total. The Kier molecular flexibility index (Phi) is 8.61. The van der Waals surface area contributed by atoms with Gasteiger partial charge in [-0.1, -0.05) is 33.6 Å². The minimum absolute atomic E-state index is 0. The van der Waals surface area contributed by atoms with Crippen LogP contribution in [0.4, 0.5) is 0 Å². The summed E-state index contributed by atoms with van der Waals surface area (Å²) in [5, 5.41) is 0. The molecule has 70 valence electrons. The van der Waals surface area contributed by atoms with E-state index in [0.29, 0.717) is 5.92 Å². The van der Waals surface area contributed by atoms with Crippen molar-refractivity contribution in [2.75, 3.05) is 0 Å². The highest BCUT2D eigenvalue weighted by atomic mass is 35.5. The van der Waals surface area contributed by atoms with Gasteiger partial charge in [0.1, 0.15) is 0 Å². The van der Waals surface area contributed by atoms with Crippen LogP contribution in [-0.4, -0.2) is 4.62 Å². The minimum Gasteiger partial charge on any atom is -0.147 e. The highest BCUT2D eigenvalue weighted by molar-refractivity contribution is 7.22. The predicted octanol–water partition coefficient (Wildman–Crippen LogP) is 4.06. The van der Waals surface area contributed by atoms with Crippen LogP contribution in [0.2, 0.25) is 0 Å². The van der Waals surface area contributed by atoms with Crippen LogP contribution < -0.4 is 0 Å². The molecule has 0 aliphatic rings. The highest BCUT2D eigenvalue weighted by Crippen LogP contribution is 2.39. The van der Waals surface area contributed by atoms with Gasteiger partial charge in [-0.05, 0) is 12.3 Å². The fourth-order valence-electron chi connectivity index (χ4n) is 1.26. The summed E-state index contributed by atoms with van der Waals surface area (Å²) in [6.45, 7) is 6.54. The van der Waals surface area contributed by atoms with E-state index in [0.717, 1.165) is 6.42 Å². The molecule has 0 radical (unpaired) electrons. The van der Waals surface area contributed by atoms with Gasteiger partial charge in [-0.25, -0.2) is 0 Å². The Morgan fingerprint density at radius 3 is 1.73 bits per heavy atom. The van der Waals surface area contributed by atoms with Crippen LogP contribution in [0.3, 0.4) is 0 Å². The van der Waals surface area contributed by atoms with Crippen molar-refractivity contribution in [3.05, 3.63) is 0 Å². The lowest BCUT2D eigenvalue weighted by atomic mass is 9.97. The molecule has 0 bridgehead atoms. The second kappa shape index (κ2) is 6.52. The summed E-state index contributed by atoms with van der Waals surface area (Å²) in [6.07, 6.45) is 3.39. The maximum atomic E-state index is 6.25. The van der Waals surface area contributed by atoms with E-state index in [9.17, 15) is 0 Å². The second-order valence-corrected chi connectivity index (χ2v) is 4.89. The van der Waals surface area contributed by atoms with Crippen molar-refractivity contribution < 1.29 is 0 Å². The molecule has 11 heavy (non-hydrogen) atoms. The molecule has 0 nitrogen and oxygen atoms in total. The van der Waals surface area contributed by atoms with E-state index in [4.69, 9.17) is 11.6 Å². The molecule has 0 aromatic heterocycles. The largest absolute Gasteiger partial charge is 0.147 e. The van der Waals surface area contributed by atoms with E-state index >= 15 is 0 Å². The van der Waals surface area contributed by atoms with Crippen LogP contribution in [0.15, 0.2) is 0 Å².